The molecular formula is C6H12O6. The van der Waals surface area contributed by atoms with E-state index in [0.717, 1.165) is 0 Å². The van der Waals surface area contributed by atoms with E-state index in [1.54, 1.807) is 0 Å². The molecule has 0 unspecified atom stereocenters. The molecule has 0 saturated carbocycles. The zero-order valence-electron chi connectivity index (χ0n) is 6.24. The molecule has 0 aliphatic carbocycles. The van der Waals surface area contributed by atoms with E-state index < -0.39 is 37.3 Å². The fourth-order valence-electron chi connectivity index (χ4n) is 1.08. The van der Waals surface area contributed by atoms with Crippen molar-refractivity contribution in [2.24, 2.45) is 0 Å². The fraction of sp³-hybridized carbons (Fsp3) is 1.00. The molecule has 0 aromatic heterocycles. The number of hydrogen-bond donors (Lipinski definition) is 5. The lowest BCUT2D eigenvalue weighted by atomic mass is 10.00. The third-order valence-corrected chi connectivity index (χ3v) is 1.87. The molecule has 6 nitrogen and oxygen atoms in total. The van der Waals surface area contributed by atoms with Gasteiger partial charge in [0.15, 0.2) is 6.29 Å². The molecule has 12 heavy (non-hydrogen) atoms. The summed E-state index contributed by atoms with van der Waals surface area (Å²) in [7, 11) is 0. The fourth-order valence-corrected chi connectivity index (χ4v) is 1.08. The van der Waals surface area contributed by atoms with E-state index in [2.05, 4.69) is 4.74 Å². The Morgan fingerprint density at radius 2 is 1.50 bits per heavy atom. The summed E-state index contributed by atoms with van der Waals surface area (Å²) in [5, 5.41) is 44.7. The number of aliphatic hydroxyl groups is 5. The van der Waals surface area contributed by atoms with Crippen molar-refractivity contribution >= 4 is 0 Å². The Kier molecular flexibility index (Phi) is 2.99. The first-order valence-electron chi connectivity index (χ1n) is 3.56. The number of hydrogen-bond acceptors (Lipinski definition) is 6. The highest BCUT2D eigenvalue weighted by atomic mass is 16.6. The molecular weight excluding hydrogens is 168 g/mol. The van der Waals surface area contributed by atoms with Gasteiger partial charge < -0.3 is 30.3 Å². The summed E-state index contributed by atoms with van der Waals surface area (Å²) in [6.45, 7) is -0.526. The molecule has 1 aliphatic rings. The standard InChI is InChI=1S/C6H12O6/c7-1-2-3(8)4(9)5(10)6(11)12-2/h2-11H,1H2/t2-,3+,4+,5+,6-/m1/s1. The van der Waals surface area contributed by atoms with Crippen LogP contribution in [0.3, 0.4) is 0 Å². The third-order valence-electron chi connectivity index (χ3n) is 1.87. The molecule has 1 saturated heterocycles. The van der Waals surface area contributed by atoms with Crippen LogP contribution in [-0.2, 0) is 4.74 Å². The van der Waals surface area contributed by atoms with E-state index in [-0.39, 0.29) is 0 Å². The maximum absolute atomic E-state index is 9.12. The minimum Gasteiger partial charge on any atom is -0.394 e. The first-order chi connectivity index (χ1) is 5.57. The van der Waals surface area contributed by atoms with Crippen LogP contribution in [0.5, 0.6) is 0 Å². The molecule has 6 heteroatoms. The molecule has 5 N–H and O–H groups in total. The van der Waals surface area contributed by atoms with Crippen LogP contribution in [0, 0.1) is 0 Å². The van der Waals surface area contributed by atoms with Gasteiger partial charge in [0.25, 0.3) is 0 Å². The van der Waals surface area contributed by atoms with Gasteiger partial charge in [-0.25, -0.2) is 0 Å². The molecule has 0 bridgehead atoms. The van der Waals surface area contributed by atoms with Gasteiger partial charge in [0.2, 0.25) is 0 Å². The van der Waals surface area contributed by atoms with Gasteiger partial charge in [0.1, 0.15) is 24.4 Å². The smallest absolute Gasteiger partial charge is 0.184 e. The Morgan fingerprint density at radius 3 is 2.00 bits per heavy atom. The maximum Gasteiger partial charge on any atom is 0.184 e. The molecule has 1 rings (SSSR count). The zero-order valence-corrected chi connectivity index (χ0v) is 6.24. The highest BCUT2D eigenvalue weighted by molar-refractivity contribution is 4.87. The van der Waals surface area contributed by atoms with Crippen LogP contribution in [0.2, 0.25) is 0 Å². The molecule has 1 heterocycles. The van der Waals surface area contributed by atoms with Crippen LogP contribution in [0.25, 0.3) is 0 Å². The summed E-state index contributed by atoms with van der Waals surface area (Å²) in [6.07, 6.45) is -7.04. The molecule has 0 aromatic rings. The van der Waals surface area contributed by atoms with Crippen LogP contribution in [0.15, 0.2) is 0 Å². The molecule has 5 atom stereocenters. The highest BCUT2D eigenvalue weighted by Gasteiger charge is 2.42. The summed E-state index contributed by atoms with van der Waals surface area (Å²) in [5.41, 5.74) is 0. The Bertz CT molecular complexity index is 146. The van der Waals surface area contributed by atoms with E-state index >= 15 is 0 Å². The number of ether oxygens (including phenoxy) is 1. The SMILES string of the molecule is OC[C@H]1O[C@@H](O)[C@@H](O)[C@@H](O)[C@H]1O. The van der Waals surface area contributed by atoms with Crippen molar-refractivity contribution in [1.82, 2.24) is 0 Å². The average Bonchev–Trinajstić information content (AvgIpc) is 2.08. The van der Waals surface area contributed by atoms with E-state index in [4.69, 9.17) is 25.5 Å². The summed E-state index contributed by atoms with van der Waals surface area (Å²) in [4.78, 5) is 0. The molecule has 0 aromatic carbocycles. The first kappa shape index (κ1) is 9.85. The minimum absolute atomic E-state index is 0.526. The summed E-state index contributed by atoms with van der Waals surface area (Å²) >= 11 is 0. The van der Waals surface area contributed by atoms with Crippen LogP contribution in [0.4, 0.5) is 0 Å². The average molecular weight is 180 g/mol. The third kappa shape index (κ3) is 1.58. The second kappa shape index (κ2) is 3.65. The summed E-state index contributed by atoms with van der Waals surface area (Å²) in [6, 6.07) is 0. The maximum atomic E-state index is 9.12. The number of rotatable bonds is 1. The second-order valence-corrected chi connectivity index (χ2v) is 2.72. The van der Waals surface area contributed by atoms with Gasteiger partial charge in [-0.1, -0.05) is 0 Å². The lowest BCUT2D eigenvalue weighted by molar-refractivity contribution is -0.286. The molecule has 1 aliphatic heterocycles. The molecule has 1 fully saturated rings. The number of aliphatic hydroxyl groups excluding tert-OH is 5. The molecule has 0 amide bonds. The van der Waals surface area contributed by atoms with E-state index in [0.29, 0.717) is 0 Å². The Hall–Kier alpha value is -0.240. The predicted octanol–water partition coefficient (Wildman–Crippen LogP) is -3.22. The Balaban J connectivity index is 2.63. The highest BCUT2D eigenvalue weighted by Crippen LogP contribution is 2.18. The van der Waals surface area contributed by atoms with Crippen molar-refractivity contribution in [2.45, 2.75) is 30.7 Å². The monoisotopic (exact) mass is 180 g/mol. The van der Waals surface area contributed by atoms with Crippen LogP contribution in [0.1, 0.15) is 0 Å². The lowest BCUT2D eigenvalue weighted by Gasteiger charge is -2.37. The molecule has 72 valence electrons. The normalized spacial score (nSPS) is 49.2. The van der Waals surface area contributed by atoms with Gasteiger partial charge in [-0.3, -0.25) is 0 Å². The Labute approximate surface area is 68.6 Å². The molecule has 0 radical (unpaired) electrons. The van der Waals surface area contributed by atoms with Crippen LogP contribution < -0.4 is 0 Å². The van der Waals surface area contributed by atoms with Crippen molar-refractivity contribution in [3.8, 4) is 0 Å². The van der Waals surface area contributed by atoms with Gasteiger partial charge >= 0.3 is 0 Å². The Morgan fingerprint density at radius 1 is 0.917 bits per heavy atom. The first-order valence-corrected chi connectivity index (χ1v) is 3.56. The van der Waals surface area contributed by atoms with Crippen molar-refractivity contribution in [3.63, 3.8) is 0 Å². The van der Waals surface area contributed by atoms with Crippen molar-refractivity contribution in [2.75, 3.05) is 6.61 Å². The largest absolute Gasteiger partial charge is 0.394 e. The zero-order chi connectivity index (χ0) is 9.30. The van der Waals surface area contributed by atoms with Gasteiger partial charge in [-0.15, -0.1) is 0 Å². The summed E-state index contributed by atoms with van der Waals surface area (Å²) in [5.74, 6) is 0. The van der Waals surface area contributed by atoms with Gasteiger partial charge in [-0.05, 0) is 0 Å². The minimum atomic E-state index is -1.57. The second-order valence-electron chi connectivity index (χ2n) is 2.72. The van der Waals surface area contributed by atoms with Gasteiger partial charge in [0.05, 0.1) is 6.61 Å². The van der Waals surface area contributed by atoms with E-state index in [1.807, 2.05) is 0 Å². The molecule has 0 spiro atoms. The van der Waals surface area contributed by atoms with Crippen LogP contribution in [-0.4, -0.2) is 62.8 Å². The van der Waals surface area contributed by atoms with E-state index in [9.17, 15) is 0 Å². The quantitative estimate of drug-likeness (QED) is 0.290. The van der Waals surface area contributed by atoms with Crippen molar-refractivity contribution in [1.29, 1.82) is 0 Å². The van der Waals surface area contributed by atoms with Gasteiger partial charge in [0, 0.05) is 0 Å². The van der Waals surface area contributed by atoms with E-state index in [1.165, 1.54) is 0 Å². The van der Waals surface area contributed by atoms with Crippen molar-refractivity contribution in [3.05, 3.63) is 0 Å². The van der Waals surface area contributed by atoms with Gasteiger partial charge in [-0.2, -0.15) is 0 Å². The lowest BCUT2D eigenvalue weighted by Crippen LogP contribution is -2.58. The predicted molar refractivity (Wildman–Crippen MR) is 36.0 cm³/mol. The van der Waals surface area contributed by atoms with Crippen LogP contribution >= 0.6 is 0 Å². The topological polar surface area (TPSA) is 110 Å². The van der Waals surface area contributed by atoms with Crippen molar-refractivity contribution < 1.29 is 30.3 Å². The summed E-state index contributed by atoms with van der Waals surface area (Å²) < 4.78 is 4.58.